The van der Waals surface area contributed by atoms with Crippen molar-refractivity contribution in [2.75, 3.05) is 25.5 Å². The highest BCUT2D eigenvalue weighted by Gasteiger charge is 2.22. The van der Waals surface area contributed by atoms with E-state index < -0.39 is 16.1 Å². The molecule has 0 aliphatic heterocycles. The van der Waals surface area contributed by atoms with Gasteiger partial charge in [0.2, 0.25) is 10.0 Å². The number of sulfonamides is 1. The van der Waals surface area contributed by atoms with Crippen LogP contribution in [-0.2, 0) is 10.0 Å². The van der Waals surface area contributed by atoms with Gasteiger partial charge in [0.15, 0.2) is 0 Å². The number of urea groups is 1. The minimum absolute atomic E-state index is 0.156. The first-order chi connectivity index (χ1) is 13.7. The van der Waals surface area contributed by atoms with E-state index in [1.807, 2.05) is 6.07 Å². The first-order valence-electron chi connectivity index (χ1n) is 9.18. The molecule has 2 rings (SSSR count). The Kier molecular flexibility index (Phi) is 7.74. The van der Waals surface area contributed by atoms with Gasteiger partial charge >= 0.3 is 6.03 Å². The lowest BCUT2D eigenvalue weighted by Gasteiger charge is -2.21. The first-order valence-corrected chi connectivity index (χ1v) is 10.6. The van der Waals surface area contributed by atoms with Crippen molar-refractivity contribution in [3.63, 3.8) is 0 Å². The Morgan fingerprint density at radius 1 is 0.931 bits per heavy atom. The summed E-state index contributed by atoms with van der Waals surface area (Å²) in [7, 11) is -2.04. The third kappa shape index (κ3) is 6.30. The van der Waals surface area contributed by atoms with Crippen molar-refractivity contribution in [1.82, 2.24) is 14.9 Å². The number of amides is 3. The number of carbonyl (C=O) groups excluding carboxylic acids is 2. The Hall–Kier alpha value is -2.91. The summed E-state index contributed by atoms with van der Waals surface area (Å²) in [5.74, 6) is -0.212. The van der Waals surface area contributed by atoms with Crippen molar-refractivity contribution < 1.29 is 18.0 Å². The standard InChI is InChI=1S/C20H26N4O4S/c1-15(2)24(3)29(27,28)18-11-9-17(10-12-18)23-20(26)22-14-13-21-19(25)16-7-5-4-6-8-16/h4-12,15H,13-14H2,1-3H3,(H,21,25)(H2,22,23,26). The zero-order valence-corrected chi connectivity index (χ0v) is 17.5. The number of hydrogen-bond donors (Lipinski definition) is 3. The quantitative estimate of drug-likeness (QED) is 0.572. The Bertz CT molecular complexity index is 929. The van der Waals surface area contributed by atoms with E-state index in [0.29, 0.717) is 11.3 Å². The van der Waals surface area contributed by atoms with Crippen LogP contribution in [0.1, 0.15) is 24.2 Å². The minimum atomic E-state index is -3.57. The van der Waals surface area contributed by atoms with Crippen molar-refractivity contribution in [2.45, 2.75) is 24.8 Å². The van der Waals surface area contributed by atoms with Crippen LogP contribution in [0, 0.1) is 0 Å². The molecule has 0 spiro atoms. The minimum Gasteiger partial charge on any atom is -0.350 e. The molecule has 0 heterocycles. The van der Waals surface area contributed by atoms with Gasteiger partial charge in [-0.25, -0.2) is 13.2 Å². The van der Waals surface area contributed by atoms with Gasteiger partial charge in [-0.1, -0.05) is 18.2 Å². The van der Waals surface area contributed by atoms with Crippen molar-refractivity contribution >= 4 is 27.6 Å². The zero-order chi connectivity index (χ0) is 21.4. The van der Waals surface area contributed by atoms with Gasteiger partial charge in [-0.2, -0.15) is 4.31 Å². The predicted octanol–water partition coefficient (Wildman–Crippen LogP) is 2.27. The van der Waals surface area contributed by atoms with Crippen molar-refractivity contribution in [3.8, 4) is 0 Å². The molecule has 0 unspecified atom stereocenters. The fourth-order valence-corrected chi connectivity index (χ4v) is 3.74. The highest BCUT2D eigenvalue weighted by Crippen LogP contribution is 2.18. The van der Waals surface area contributed by atoms with Gasteiger partial charge in [0.05, 0.1) is 4.90 Å². The number of anilines is 1. The van der Waals surface area contributed by atoms with Gasteiger partial charge in [-0.15, -0.1) is 0 Å². The summed E-state index contributed by atoms with van der Waals surface area (Å²) in [6.45, 7) is 4.11. The van der Waals surface area contributed by atoms with Gasteiger partial charge in [-0.3, -0.25) is 4.79 Å². The Balaban J connectivity index is 1.80. The molecule has 156 valence electrons. The van der Waals surface area contributed by atoms with E-state index in [-0.39, 0.29) is 29.9 Å². The number of rotatable bonds is 8. The molecule has 0 saturated heterocycles. The van der Waals surface area contributed by atoms with Gasteiger partial charge in [0.25, 0.3) is 5.91 Å². The highest BCUT2D eigenvalue weighted by atomic mass is 32.2. The molecule has 2 aromatic carbocycles. The second kappa shape index (κ2) is 10.0. The molecule has 3 N–H and O–H groups in total. The fourth-order valence-electron chi connectivity index (χ4n) is 2.37. The average molecular weight is 419 g/mol. The Morgan fingerprint density at radius 2 is 1.52 bits per heavy atom. The summed E-state index contributed by atoms with van der Waals surface area (Å²) in [4.78, 5) is 24.0. The van der Waals surface area contributed by atoms with E-state index in [4.69, 9.17) is 0 Å². The molecule has 0 bridgehead atoms. The maximum absolute atomic E-state index is 12.4. The summed E-state index contributed by atoms with van der Waals surface area (Å²) >= 11 is 0. The first kappa shape index (κ1) is 22.4. The van der Waals surface area contributed by atoms with Gasteiger partial charge in [0.1, 0.15) is 0 Å². The van der Waals surface area contributed by atoms with Crippen molar-refractivity contribution in [2.24, 2.45) is 0 Å². The Labute approximate surface area is 171 Å². The van der Waals surface area contributed by atoms with Crippen LogP contribution < -0.4 is 16.0 Å². The fraction of sp³-hybridized carbons (Fsp3) is 0.300. The molecule has 0 aliphatic carbocycles. The number of nitrogens with zero attached hydrogens (tertiary/aromatic N) is 1. The highest BCUT2D eigenvalue weighted by molar-refractivity contribution is 7.89. The molecule has 9 heteroatoms. The SMILES string of the molecule is CC(C)N(C)S(=O)(=O)c1ccc(NC(=O)NCCNC(=O)c2ccccc2)cc1. The van der Waals surface area contributed by atoms with E-state index in [9.17, 15) is 18.0 Å². The van der Waals surface area contributed by atoms with Crippen LogP contribution in [-0.4, -0.2) is 50.8 Å². The molecular formula is C20H26N4O4S. The third-order valence-corrected chi connectivity index (χ3v) is 6.30. The largest absolute Gasteiger partial charge is 0.350 e. The molecule has 0 aliphatic rings. The van der Waals surface area contributed by atoms with Crippen LogP contribution in [0.15, 0.2) is 59.5 Å². The van der Waals surface area contributed by atoms with E-state index >= 15 is 0 Å². The number of benzene rings is 2. The van der Waals surface area contributed by atoms with Gasteiger partial charge in [-0.05, 0) is 50.2 Å². The van der Waals surface area contributed by atoms with Crippen LogP contribution in [0.5, 0.6) is 0 Å². The summed E-state index contributed by atoms with van der Waals surface area (Å²) in [6.07, 6.45) is 0. The molecule has 3 amide bonds. The predicted molar refractivity (Wildman–Crippen MR) is 112 cm³/mol. The lowest BCUT2D eigenvalue weighted by atomic mass is 10.2. The molecule has 0 atom stereocenters. The van der Waals surface area contributed by atoms with Crippen LogP contribution >= 0.6 is 0 Å². The van der Waals surface area contributed by atoms with Gasteiger partial charge < -0.3 is 16.0 Å². The number of nitrogens with one attached hydrogen (secondary N) is 3. The third-order valence-electron chi connectivity index (χ3n) is 4.25. The molecular weight excluding hydrogens is 392 g/mol. The monoisotopic (exact) mass is 418 g/mol. The topological polar surface area (TPSA) is 108 Å². The summed E-state index contributed by atoms with van der Waals surface area (Å²) in [6, 6.07) is 14.1. The normalized spacial score (nSPS) is 11.3. The molecule has 29 heavy (non-hydrogen) atoms. The van der Waals surface area contributed by atoms with Crippen molar-refractivity contribution in [3.05, 3.63) is 60.2 Å². The molecule has 0 saturated carbocycles. The summed E-state index contributed by atoms with van der Waals surface area (Å²) < 4.78 is 26.1. The molecule has 8 nitrogen and oxygen atoms in total. The Morgan fingerprint density at radius 3 is 2.10 bits per heavy atom. The summed E-state index contributed by atoms with van der Waals surface area (Å²) in [5, 5.41) is 7.96. The van der Waals surface area contributed by atoms with E-state index in [0.717, 1.165) is 0 Å². The van der Waals surface area contributed by atoms with E-state index in [2.05, 4.69) is 16.0 Å². The number of carbonyl (C=O) groups is 2. The van der Waals surface area contributed by atoms with E-state index in [1.165, 1.54) is 35.6 Å². The smallest absolute Gasteiger partial charge is 0.319 e. The lowest BCUT2D eigenvalue weighted by molar-refractivity contribution is 0.0954. The number of hydrogen-bond acceptors (Lipinski definition) is 4. The van der Waals surface area contributed by atoms with Crippen LogP contribution in [0.4, 0.5) is 10.5 Å². The second-order valence-corrected chi connectivity index (χ2v) is 8.64. The zero-order valence-electron chi connectivity index (χ0n) is 16.7. The van der Waals surface area contributed by atoms with Crippen LogP contribution in [0.25, 0.3) is 0 Å². The van der Waals surface area contributed by atoms with Crippen LogP contribution in [0.3, 0.4) is 0 Å². The van der Waals surface area contributed by atoms with Crippen LogP contribution in [0.2, 0.25) is 0 Å². The van der Waals surface area contributed by atoms with E-state index in [1.54, 1.807) is 38.1 Å². The maximum atomic E-state index is 12.4. The van der Waals surface area contributed by atoms with Gasteiger partial charge in [0, 0.05) is 37.4 Å². The molecule has 2 aromatic rings. The maximum Gasteiger partial charge on any atom is 0.319 e. The van der Waals surface area contributed by atoms with Crippen molar-refractivity contribution in [1.29, 1.82) is 0 Å². The second-order valence-electron chi connectivity index (χ2n) is 6.64. The molecule has 0 radical (unpaired) electrons. The summed E-state index contributed by atoms with van der Waals surface area (Å²) in [5.41, 5.74) is 1.01. The molecule has 0 aromatic heterocycles. The average Bonchev–Trinajstić information content (AvgIpc) is 2.71. The molecule has 0 fully saturated rings. The lowest BCUT2D eigenvalue weighted by Crippen LogP contribution is -2.36.